The van der Waals surface area contributed by atoms with Crippen molar-refractivity contribution < 1.29 is 28.2 Å². The van der Waals surface area contributed by atoms with Gasteiger partial charge < -0.3 is 19.5 Å². The van der Waals surface area contributed by atoms with E-state index in [2.05, 4.69) is 5.10 Å². The highest BCUT2D eigenvalue weighted by Crippen LogP contribution is 2.33. The van der Waals surface area contributed by atoms with Crippen LogP contribution in [0.15, 0.2) is 12.4 Å². The molecule has 2 unspecified atom stereocenters. The molecule has 0 N–H and O–H groups in total. The van der Waals surface area contributed by atoms with Crippen LogP contribution in [0.4, 0.5) is 13.6 Å². The number of piperidine rings is 1. The number of alkyl halides is 2. The number of amides is 1. The number of carbonyl (C=O) groups excluding carboxylic acids is 2. The summed E-state index contributed by atoms with van der Waals surface area (Å²) in [4.78, 5) is 24.1. The average Bonchev–Trinajstić information content (AvgIpc) is 2.96. The van der Waals surface area contributed by atoms with Crippen LogP contribution in [-0.2, 0) is 9.53 Å². The Morgan fingerprint density at radius 3 is 2.82 bits per heavy atom. The van der Waals surface area contributed by atoms with Gasteiger partial charge in [-0.05, 0) is 18.9 Å². The SMILES string of the molecule is CCOC(=O)C1CCN(C(=O)[O-])CC1c1cnn(C(F)F)c1. The van der Waals surface area contributed by atoms with E-state index in [-0.39, 0.29) is 26.1 Å². The number of carbonyl (C=O) groups is 2. The Balaban J connectivity index is 2.25. The first kappa shape index (κ1) is 16.2. The van der Waals surface area contributed by atoms with Gasteiger partial charge in [-0.1, -0.05) is 0 Å². The second kappa shape index (κ2) is 6.71. The molecule has 1 aromatic heterocycles. The summed E-state index contributed by atoms with van der Waals surface area (Å²) in [7, 11) is 0. The third kappa shape index (κ3) is 3.34. The summed E-state index contributed by atoms with van der Waals surface area (Å²) < 4.78 is 30.7. The van der Waals surface area contributed by atoms with E-state index < -0.39 is 30.4 Å². The Morgan fingerprint density at radius 1 is 1.55 bits per heavy atom. The molecule has 2 heterocycles. The van der Waals surface area contributed by atoms with Crippen LogP contribution in [0.5, 0.6) is 0 Å². The average molecular weight is 316 g/mol. The van der Waals surface area contributed by atoms with Gasteiger partial charge in [0.2, 0.25) is 0 Å². The van der Waals surface area contributed by atoms with Crippen molar-refractivity contribution in [2.24, 2.45) is 5.92 Å². The molecule has 0 radical (unpaired) electrons. The molecule has 1 saturated heterocycles. The number of aromatic nitrogens is 2. The lowest BCUT2D eigenvalue weighted by Gasteiger charge is -2.38. The highest BCUT2D eigenvalue weighted by Gasteiger charge is 2.37. The molecule has 2 rings (SSSR count). The van der Waals surface area contributed by atoms with Crippen LogP contribution in [0, 0.1) is 5.92 Å². The van der Waals surface area contributed by atoms with Gasteiger partial charge in [-0.25, -0.2) is 4.68 Å². The van der Waals surface area contributed by atoms with Gasteiger partial charge in [0.15, 0.2) is 0 Å². The summed E-state index contributed by atoms with van der Waals surface area (Å²) in [6, 6.07) is 0. The van der Waals surface area contributed by atoms with E-state index in [0.29, 0.717) is 10.2 Å². The van der Waals surface area contributed by atoms with Crippen LogP contribution >= 0.6 is 0 Å². The molecule has 122 valence electrons. The fourth-order valence-electron chi connectivity index (χ4n) is 2.64. The van der Waals surface area contributed by atoms with Crippen molar-refractivity contribution in [3.63, 3.8) is 0 Å². The minimum Gasteiger partial charge on any atom is -0.530 e. The molecule has 0 spiro atoms. The molecule has 1 aliphatic heterocycles. The van der Waals surface area contributed by atoms with E-state index in [1.165, 1.54) is 6.20 Å². The second-order valence-corrected chi connectivity index (χ2v) is 5.00. The Labute approximate surface area is 125 Å². The Morgan fingerprint density at radius 2 is 2.27 bits per heavy atom. The lowest BCUT2D eigenvalue weighted by molar-refractivity contribution is -0.267. The Bertz CT molecular complexity index is 549. The molecule has 1 fully saturated rings. The molecule has 7 nitrogen and oxygen atoms in total. The fraction of sp³-hybridized carbons (Fsp3) is 0.615. The van der Waals surface area contributed by atoms with Gasteiger partial charge in [-0.2, -0.15) is 13.9 Å². The van der Waals surface area contributed by atoms with Crippen molar-refractivity contribution in [1.29, 1.82) is 0 Å². The number of nitrogens with zero attached hydrogens (tertiary/aromatic N) is 3. The van der Waals surface area contributed by atoms with Gasteiger partial charge in [0, 0.05) is 25.2 Å². The van der Waals surface area contributed by atoms with Crippen molar-refractivity contribution in [1.82, 2.24) is 14.7 Å². The smallest absolute Gasteiger partial charge is 0.333 e. The normalized spacial score (nSPS) is 21.9. The molecule has 0 saturated carbocycles. The van der Waals surface area contributed by atoms with Crippen molar-refractivity contribution in [2.45, 2.75) is 25.8 Å². The number of halogens is 2. The van der Waals surface area contributed by atoms with Crippen molar-refractivity contribution in [3.05, 3.63) is 18.0 Å². The highest BCUT2D eigenvalue weighted by molar-refractivity contribution is 5.74. The molecular formula is C13H16F2N3O4-. The summed E-state index contributed by atoms with van der Waals surface area (Å²) >= 11 is 0. The van der Waals surface area contributed by atoms with E-state index in [0.717, 1.165) is 11.1 Å². The summed E-state index contributed by atoms with van der Waals surface area (Å²) in [6.07, 6.45) is 1.24. The fourth-order valence-corrected chi connectivity index (χ4v) is 2.64. The minimum absolute atomic E-state index is 0.0131. The Kier molecular flexibility index (Phi) is 4.94. The zero-order valence-electron chi connectivity index (χ0n) is 11.9. The van der Waals surface area contributed by atoms with Crippen molar-refractivity contribution in [2.75, 3.05) is 19.7 Å². The van der Waals surface area contributed by atoms with Crippen molar-refractivity contribution in [3.8, 4) is 0 Å². The van der Waals surface area contributed by atoms with Crippen molar-refractivity contribution >= 4 is 12.1 Å². The molecule has 2 atom stereocenters. The van der Waals surface area contributed by atoms with Crippen LogP contribution in [0.25, 0.3) is 0 Å². The predicted molar refractivity (Wildman–Crippen MR) is 67.9 cm³/mol. The van der Waals surface area contributed by atoms with Crippen LogP contribution in [0.1, 0.15) is 31.4 Å². The number of ether oxygens (including phenoxy) is 1. The maximum absolute atomic E-state index is 12.6. The molecular weight excluding hydrogens is 300 g/mol. The van der Waals surface area contributed by atoms with Crippen LogP contribution in [0.2, 0.25) is 0 Å². The lowest BCUT2D eigenvalue weighted by Crippen LogP contribution is -2.49. The van der Waals surface area contributed by atoms with Gasteiger partial charge >= 0.3 is 12.5 Å². The first-order chi connectivity index (χ1) is 10.4. The predicted octanol–water partition coefficient (Wildman–Crippen LogP) is 0.590. The highest BCUT2D eigenvalue weighted by atomic mass is 19.3. The first-order valence-electron chi connectivity index (χ1n) is 6.88. The van der Waals surface area contributed by atoms with Crippen LogP contribution < -0.4 is 5.11 Å². The number of rotatable bonds is 4. The molecule has 1 aliphatic rings. The number of hydrogen-bond acceptors (Lipinski definition) is 5. The molecule has 0 bridgehead atoms. The monoisotopic (exact) mass is 316 g/mol. The lowest BCUT2D eigenvalue weighted by atomic mass is 9.82. The molecule has 1 amide bonds. The number of likely N-dealkylation sites (tertiary alicyclic amines) is 1. The summed E-state index contributed by atoms with van der Waals surface area (Å²) in [5.41, 5.74) is 0.379. The van der Waals surface area contributed by atoms with Crippen LogP contribution in [-0.4, -0.2) is 46.4 Å². The van der Waals surface area contributed by atoms with E-state index in [9.17, 15) is 23.5 Å². The number of esters is 1. The van der Waals surface area contributed by atoms with E-state index >= 15 is 0 Å². The zero-order valence-corrected chi connectivity index (χ0v) is 11.9. The van der Waals surface area contributed by atoms with Gasteiger partial charge in [-0.15, -0.1) is 0 Å². The third-order valence-corrected chi connectivity index (χ3v) is 3.71. The summed E-state index contributed by atoms with van der Waals surface area (Å²) in [5, 5.41) is 14.5. The zero-order chi connectivity index (χ0) is 16.3. The molecule has 9 heteroatoms. The first-order valence-corrected chi connectivity index (χ1v) is 6.88. The maximum atomic E-state index is 12.6. The molecule has 1 aromatic rings. The maximum Gasteiger partial charge on any atom is 0.333 e. The summed E-state index contributed by atoms with van der Waals surface area (Å²) in [5.74, 6) is -1.64. The van der Waals surface area contributed by atoms with E-state index in [4.69, 9.17) is 4.74 Å². The summed E-state index contributed by atoms with van der Waals surface area (Å²) in [6.45, 7) is -0.803. The van der Waals surface area contributed by atoms with Gasteiger partial charge in [0.1, 0.15) is 6.09 Å². The van der Waals surface area contributed by atoms with E-state index in [1.807, 2.05) is 0 Å². The minimum atomic E-state index is -2.80. The topological polar surface area (TPSA) is 87.5 Å². The standard InChI is InChI=1S/C13H17F2N3O4/c1-2-22-11(19)9-3-4-17(13(20)21)7-10(9)8-5-16-18(6-8)12(14)15/h5-6,9-10,12H,2-4,7H2,1H3,(H,20,21)/p-1. The van der Waals surface area contributed by atoms with Crippen LogP contribution in [0.3, 0.4) is 0 Å². The van der Waals surface area contributed by atoms with Gasteiger partial charge in [0.25, 0.3) is 0 Å². The Hall–Kier alpha value is -2.19. The number of carboxylic acid groups (broad SMARTS) is 1. The molecule has 0 aliphatic carbocycles. The number of hydrogen-bond donors (Lipinski definition) is 0. The third-order valence-electron chi connectivity index (χ3n) is 3.71. The molecule has 22 heavy (non-hydrogen) atoms. The van der Waals surface area contributed by atoms with Gasteiger partial charge in [0.05, 0.1) is 18.7 Å². The quantitative estimate of drug-likeness (QED) is 0.759. The largest absolute Gasteiger partial charge is 0.530 e. The second-order valence-electron chi connectivity index (χ2n) is 5.00. The van der Waals surface area contributed by atoms with Gasteiger partial charge in [-0.3, -0.25) is 4.79 Å². The van der Waals surface area contributed by atoms with E-state index in [1.54, 1.807) is 6.92 Å². The molecule has 0 aromatic carbocycles.